The topological polar surface area (TPSA) is 160 Å². The van der Waals surface area contributed by atoms with Crippen molar-refractivity contribution in [3.63, 3.8) is 0 Å². The quantitative estimate of drug-likeness (QED) is 0.306. The molecule has 0 bridgehead atoms. The number of nitrogen functional groups attached to an aromatic ring is 1. The van der Waals surface area contributed by atoms with E-state index >= 15 is 0 Å². The van der Waals surface area contributed by atoms with Crippen molar-refractivity contribution in [3.8, 4) is 22.8 Å². The zero-order chi connectivity index (χ0) is 23.5. The predicted octanol–water partition coefficient (Wildman–Crippen LogP) is 2.77. The molecule has 1 aromatic carbocycles. The van der Waals surface area contributed by atoms with E-state index in [9.17, 15) is 4.79 Å². The number of nitrogens with zero attached hydrogens (tertiary/aromatic N) is 5. The second kappa shape index (κ2) is 9.59. The number of benzene rings is 1. The summed E-state index contributed by atoms with van der Waals surface area (Å²) < 4.78 is 13.7. The SMILES string of the molecule is NC(=O)CCCCCn1c(Sc2cc3c(cc2-c2ccn[nH]2)OCCO3)nc2c(N)ncnc21. The van der Waals surface area contributed by atoms with Gasteiger partial charge in [0.15, 0.2) is 33.6 Å². The molecule has 5 rings (SSSR count). The largest absolute Gasteiger partial charge is 0.486 e. The standard InChI is InChI=1S/C22H24N8O3S/c23-18(31)4-2-1-3-7-30-21-19(20(24)25-12-26-21)28-22(30)34-17-11-16-15(32-8-9-33-16)10-13(17)14-5-6-27-29-14/h5-6,10-12H,1-4,7-9H2,(H2,23,31)(H,27,29)(H2,24,25,26). The molecule has 1 amide bonds. The molecule has 0 saturated carbocycles. The summed E-state index contributed by atoms with van der Waals surface area (Å²) in [6.07, 6.45) is 5.97. The summed E-state index contributed by atoms with van der Waals surface area (Å²) in [5.41, 5.74) is 14.4. The number of carbonyl (C=O) groups excluding carboxylic acids is 1. The number of aryl methyl sites for hydroxylation is 1. The van der Waals surface area contributed by atoms with Gasteiger partial charge in [0, 0.05) is 29.6 Å². The molecule has 34 heavy (non-hydrogen) atoms. The maximum absolute atomic E-state index is 11.0. The number of fused-ring (bicyclic) bond motifs is 2. The van der Waals surface area contributed by atoms with Gasteiger partial charge in [-0.25, -0.2) is 15.0 Å². The summed E-state index contributed by atoms with van der Waals surface area (Å²) >= 11 is 1.49. The van der Waals surface area contributed by atoms with E-state index in [2.05, 4.69) is 20.2 Å². The van der Waals surface area contributed by atoms with Crippen molar-refractivity contribution < 1.29 is 14.3 Å². The van der Waals surface area contributed by atoms with Crippen LogP contribution in [0.2, 0.25) is 0 Å². The van der Waals surface area contributed by atoms with Crippen molar-refractivity contribution in [2.45, 2.75) is 42.3 Å². The Morgan fingerprint density at radius 1 is 1.15 bits per heavy atom. The lowest BCUT2D eigenvalue weighted by atomic mass is 10.1. The Morgan fingerprint density at radius 2 is 1.97 bits per heavy atom. The summed E-state index contributed by atoms with van der Waals surface area (Å²) in [4.78, 5) is 25.3. The molecule has 0 unspecified atom stereocenters. The Labute approximate surface area is 199 Å². The molecule has 11 nitrogen and oxygen atoms in total. The summed E-state index contributed by atoms with van der Waals surface area (Å²) in [7, 11) is 0. The molecule has 0 aliphatic carbocycles. The van der Waals surface area contributed by atoms with Crippen LogP contribution in [0.3, 0.4) is 0 Å². The van der Waals surface area contributed by atoms with Crippen molar-refractivity contribution in [2.24, 2.45) is 5.73 Å². The molecule has 0 spiro atoms. The molecule has 1 aliphatic heterocycles. The van der Waals surface area contributed by atoms with Gasteiger partial charge in [-0.3, -0.25) is 9.89 Å². The molecule has 12 heteroatoms. The van der Waals surface area contributed by atoms with Crippen LogP contribution in [0.1, 0.15) is 25.7 Å². The maximum atomic E-state index is 11.0. The highest BCUT2D eigenvalue weighted by Crippen LogP contribution is 2.43. The first kappa shape index (κ1) is 22.0. The summed E-state index contributed by atoms with van der Waals surface area (Å²) in [6, 6.07) is 5.82. The number of anilines is 1. The average molecular weight is 481 g/mol. The van der Waals surface area contributed by atoms with E-state index in [4.69, 9.17) is 25.9 Å². The number of unbranched alkanes of at least 4 members (excludes halogenated alkanes) is 2. The van der Waals surface area contributed by atoms with Crippen LogP contribution < -0.4 is 20.9 Å². The highest BCUT2D eigenvalue weighted by molar-refractivity contribution is 7.99. The van der Waals surface area contributed by atoms with E-state index in [0.29, 0.717) is 54.7 Å². The number of carbonyl (C=O) groups is 1. The van der Waals surface area contributed by atoms with Gasteiger partial charge in [0.2, 0.25) is 5.91 Å². The molecule has 4 aromatic rings. The lowest BCUT2D eigenvalue weighted by molar-refractivity contribution is -0.118. The molecule has 0 saturated heterocycles. The van der Waals surface area contributed by atoms with Gasteiger partial charge in [0.25, 0.3) is 0 Å². The van der Waals surface area contributed by atoms with Crippen molar-refractivity contribution in [1.82, 2.24) is 29.7 Å². The normalized spacial score (nSPS) is 12.8. The van der Waals surface area contributed by atoms with Crippen LogP contribution in [0.4, 0.5) is 5.82 Å². The van der Waals surface area contributed by atoms with Gasteiger partial charge in [-0.05, 0) is 31.0 Å². The monoisotopic (exact) mass is 480 g/mol. The smallest absolute Gasteiger partial charge is 0.217 e. The number of primary amides is 1. The number of nitrogens with two attached hydrogens (primary N) is 2. The Morgan fingerprint density at radius 3 is 2.74 bits per heavy atom. The Hall–Kier alpha value is -3.80. The van der Waals surface area contributed by atoms with E-state index in [1.54, 1.807) is 6.20 Å². The Balaban J connectivity index is 1.51. The van der Waals surface area contributed by atoms with Gasteiger partial charge in [0.1, 0.15) is 19.5 Å². The minimum atomic E-state index is -0.283. The van der Waals surface area contributed by atoms with Gasteiger partial charge in [-0.2, -0.15) is 5.10 Å². The number of aromatic amines is 1. The van der Waals surface area contributed by atoms with Crippen molar-refractivity contribution in [1.29, 1.82) is 0 Å². The van der Waals surface area contributed by atoms with Gasteiger partial charge >= 0.3 is 0 Å². The van der Waals surface area contributed by atoms with Crippen molar-refractivity contribution in [3.05, 3.63) is 30.7 Å². The fraction of sp³-hybridized carbons (Fsp3) is 0.318. The molecule has 5 N–H and O–H groups in total. The van der Waals surface area contributed by atoms with Crippen molar-refractivity contribution >= 4 is 34.7 Å². The number of aromatic nitrogens is 6. The summed E-state index contributed by atoms with van der Waals surface area (Å²) in [6.45, 7) is 1.67. The van der Waals surface area contributed by atoms with Crippen LogP contribution in [0.5, 0.6) is 11.5 Å². The van der Waals surface area contributed by atoms with Crippen LogP contribution in [0, 0.1) is 0 Å². The van der Waals surface area contributed by atoms with E-state index in [0.717, 1.165) is 40.6 Å². The summed E-state index contributed by atoms with van der Waals surface area (Å²) in [5, 5.41) is 7.86. The minimum absolute atomic E-state index is 0.283. The molecule has 0 fully saturated rings. The van der Waals surface area contributed by atoms with Gasteiger partial charge in [-0.1, -0.05) is 18.2 Å². The fourth-order valence-electron chi connectivity index (χ4n) is 3.83. The van der Waals surface area contributed by atoms with Crippen molar-refractivity contribution in [2.75, 3.05) is 18.9 Å². The summed E-state index contributed by atoms with van der Waals surface area (Å²) in [5.74, 6) is 1.42. The van der Waals surface area contributed by atoms with Crippen LogP contribution in [-0.2, 0) is 11.3 Å². The minimum Gasteiger partial charge on any atom is -0.486 e. The first-order valence-electron chi connectivity index (χ1n) is 11.0. The lowest BCUT2D eigenvalue weighted by Crippen LogP contribution is -2.15. The zero-order valence-electron chi connectivity index (χ0n) is 18.4. The molecular weight excluding hydrogens is 456 g/mol. The zero-order valence-corrected chi connectivity index (χ0v) is 19.2. The third-order valence-corrected chi connectivity index (χ3v) is 6.52. The highest BCUT2D eigenvalue weighted by atomic mass is 32.2. The van der Waals surface area contributed by atoms with Crippen LogP contribution >= 0.6 is 11.8 Å². The van der Waals surface area contributed by atoms with Crippen LogP contribution in [0.25, 0.3) is 22.4 Å². The van der Waals surface area contributed by atoms with E-state index < -0.39 is 0 Å². The Kier molecular flexibility index (Phi) is 6.21. The molecular formula is C22H24N8O3S. The molecule has 0 atom stereocenters. The Bertz CT molecular complexity index is 1320. The number of amides is 1. The van der Waals surface area contributed by atoms with Gasteiger partial charge < -0.3 is 25.5 Å². The molecule has 1 aliphatic rings. The lowest BCUT2D eigenvalue weighted by Gasteiger charge is -2.20. The molecule has 176 valence electrons. The van der Waals surface area contributed by atoms with Crippen LogP contribution in [-0.4, -0.2) is 48.8 Å². The molecule has 0 radical (unpaired) electrons. The second-order valence-corrected chi connectivity index (χ2v) is 8.83. The number of rotatable bonds is 9. The molecule has 3 aromatic heterocycles. The number of hydrogen-bond acceptors (Lipinski definition) is 9. The molecule has 4 heterocycles. The number of ether oxygens (including phenoxy) is 2. The highest BCUT2D eigenvalue weighted by Gasteiger charge is 2.22. The second-order valence-electron chi connectivity index (χ2n) is 7.82. The first-order chi connectivity index (χ1) is 16.6. The van der Waals surface area contributed by atoms with E-state index in [1.165, 1.54) is 18.1 Å². The third-order valence-electron chi connectivity index (χ3n) is 5.47. The maximum Gasteiger partial charge on any atom is 0.217 e. The third kappa shape index (κ3) is 4.49. The number of nitrogens with one attached hydrogen (secondary N) is 1. The predicted molar refractivity (Wildman–Crippen MR) is 127 cm³/mol. The van der Waals surface area contributed by atoms with Crippen LogP contribution in [0.15, 0.2) is 40.8 Å². The fourth-order valence-corrected chi connectivity index (χ4v) is 4.90. The van der Waals surface area contributed by atoms with E-state index in [1.807, 2.05) is 22.8 Å². The number of hydrogen-bond donors (Lipinski definition) is 3. The van der Waals surface area contributed by atoms with Gasteiger partial charge in [-0.15, -0.1) is 0 Å². The van der Waals surface area contributed by atoms with Gasteiger partial charge in [0.05, 0.1) is 5.69 Å². The average Bonchev–Trinajstić information content (AvgIpc) is 3.48. The van der Waals surface area contributed by atoms with E-state index in [-0.39, 0.29) is 5.91 Å². The number of H-pyrrole nitrogens is 1. The number of imidazole rings is 1. The first-order valence-corrected chi connectivity index (χ1v) is 11.8.